The summed E-state index contributed by atoms with van der Waals surface area (Å²) in [6.45, 7) is 5.24. The maximum Gasteiger partial charge on any atom is 0.272 e. The minimum Gasteiger partial charge on any atom is -0.345 e. The number of sulfonamides is 1. The molecule has 0 aliphatic heterocycles. The minimum absolute atomic E-state index is 0.0238. The lowest BCUT2D eigenvalue weighted by Gasteiger charge is -2.10. The van der Waals surface area contributed by atoms with Gasteiger partial charge in [0.1, 0.15) is 16.4 Å². The second-order valence-electron chi connectivity index (χ2n) is 6.02. The molecule has 0 aliphatic carbocycles. The molecule has 0 saturated heterocycles. The van der Waals surface area contributed by atoms with Crippen LogP contribution in [0.1, 0.15) is 36.3 Å². The molecule has 2 rings (SSSR count). The molecule has 2 N–H and O–H groups in total. The van der Waals surface area contributed by atoms with Gasteiger partial charge in [-0.05, 0) is 50.1 Å². The van der Waals surface area contributed by atoms with Gasteiger partial charge >= 0.3 is 0 Å². The van der Waals surface area contributed by atoms with E-state index in [2.05, 4.69) is 10.0 Å². The lowest BCUT2D eigenvalue weighted by atomic mass is 10.2. The van der Waals surface area contributed by atoms with Crippen molar-refractivity contribution in [1.29, 1.82) is 0 Å². The van der Waals surface area contributed by atoms with Crippen LogP contribution in [-0.4, -0.2) is 24.9 Å². The Morgan fingerprint density at radius 1 is 1.32 bits per heavy atom. The number of carbonyl (C=O) groups is 1. The van der Waals surface area contributed by atoms with Gasteiger partial charge in [-0.1, -0.05) is 6.92 Å². The molecular weight excluding hydrogens is 345 g/mol. The van der Waals surface area contributed by atoms with Crippen molar-refractivity contribution in [3.8, 4) is 0 Å². The molecule has 0 aliphatic rings. The van der Waals surface area contributed by atoms with Gasteiger partial charge in [-0.3, -0.25) is 4.79 Å². The molecule has 8 heteroatoms. The smallest absolute Gasteiger partial charge is 0.272 e. The lowest BCUT2D eigenvalue weighted by molar-refractivity contribution is 0.101. The van der Waals surface area contributed by atoms with E-state index in [4.69, 9.17) is 0 Å². The normalized spacial score (nSPS) is 12.8. The summed E-state index contributed by atoms with van der Waals surface area (Å²) in [5.41, 5.74) is 1.03. The van der Waals surface area contributed by atoms with E-state index in [1.165, 1.54) is 35.0 Å². The molecule has 0 bridgehead atoms. The largest absolute Gasteiger partial charge is 0.345 e. The maximum absolute atomic E-state index is 13.3. The van der Waals surface area contributed by atoms with Gasteiger partial charge in [-0.2, -0.15) is 0 Å². The Balaban J connectivity index is 2.24. The Morgan fingerprint density at radius 3 is 2.60 bits per heavy atom. The number of rotatable bonds is 6. The van der Waals surface area contributed by atoms with Gasteiger partial charge in [0.2, 0.25) is 10.0 Å². The van der Waals surface area contributed by atoms with Crippen molar-refractivity contribution in [3.05, 3.63) is 47.5 Å². The summed E-state index contributed by atoms with van der Waals surface area (Å²) in [5.74, 6) is -0.833. The Hall–Kier alpha value is -2.19. The van der Waals surface area contributed by atoms with E-state index in [1.54, 1.807) is 20.9 Å². The first-order valence-corrected chi connectivity index (χ1v) is 9.38. The highest BCUT2D eigenvalue weighted by Crippen LogP contribution is 2.18. The Kier molecular flexibility index (Phi) is 5.64. The lowest BCUT2D eigenvalue weighted by Crippen LogP contribution is -2.31. The molecular formula is C17H22FN3O3S. The summed E-state index contributed by atoms with van der Waals surface area (Å²) in [5, 5.41) is 2.64. The molecule has 0 fully saturated rings. The van der Waals surface area contributed by atoms with Gasteiger partial charge in [0.15, 0.2) is 0 Å². The van der Waals surface area contributed by atoms with E-state index in [9.17, 15) is 17.6 Å². The molecule has 6 nitrogen and oxygen atoms in total. The van der Waals surface area contributed by atoms with Gasteiger partial charge in [0.05, 0.1) is 0 Å². The van der Waals surface area contributed by atoms with Crippen LogP contribution >= 0.6 is 0 Å². The van der Waals surface area contributed by atoms with Crippen LogP contribution in [0.2, 0.25) is 0 Å². The Morgan fingerprint density at radius 2 is 2.00 bits per heavy atom. The molecule has 136 valence electrons. The number of anilines is 1. The number of nitrogens with one attached hydrogen (secondary N) is 2. The van der Waals surface area contributed by atoms with Crippen molar-refractivity contribution < 1.29 is 17.6 Å². The first kappa shape index (κ1) is 19.1. The molecule has 25 heavy (non-hydrogen) atoms. The number of nitrogens with zero attached hydrogens (tertiary/aromatic N) is 1. The van der Waals surface area contributed by atoms with Crippen molar-refractivity contribution in [1.82, 2.24) is 9.29 Å². The van der Waals surface area contributed by atoms with Crippen molar-refractivity contribution in [2.75, 3.05) is 5.32 Å². The zero-order valence-corrected chi connectivity index (χ0v) is 15.4. The number of amides is 1. The standard InChI is InChI=1S/C17H22FN3O3S/c1-5-12(3)20-25(23,24)14-9-16(21(4)10-14)17(22)19-13-6-7-15(18)11(2)8-13/h6-10,12,20H,5H2,1-4H3,(H,19,22). The van der Waals surface area contributed by atoms with Crippen LogP contribution in [-0.2, 0) is 17.1 Å². The van der Waals surface area contributed by atoms with Crippen LogP contribution in [0.15, 0.2) is 35.4 Å². The number of carbonyl (C=O) groups excluding carboxylic acids is 1. The zero-order valence-electron chi connectivity index (χ0n) is 14.6. The highest BCUT2D eigenvalue weighted by atomic mass is 32.2. The van der Waals surface area contributed by atoms with Crippen LogP contribution < -0.4 is 10.0 Å². The number of halogens is 1. The second kappa shape index (κ2) is 7.37. The first-order chi connectivity index (χ1) is 11.6. The van der Waals surface area contributed by atoms with Crippen LogP contribution in [0.4, 0.5) is 10.1 Å². The molecule has 1 heterocycles. The molecule has 1 amide bonds. The van der Waals surface area contributed by atoms with Crippen LogP contribution in [0.3, 0.4) is 0 Å². The van der Waals surface area contributed by atoms with Gasteiger partial charge < -0.3 is 9.88 Å². The fourth-order valence-electron chi connectivity index (χ4n) is 2.24. The summed E-state index contributed by atoms with van der Waals surface area (Å²) in [7, 11) is -2.10. The predicted octanol–water partition coefficient (Wildman–Crippen LogP) is 2.80. The Bertz CT molecular complexity index is 891. The molecule has 0 radical (unpaired) electrons. The fraction of sp³-hybridized carbons (Fsp3) is 0.353. The highest BCUT2D eigenvalue weighted by Gasteiger charge is 2.22. The second-order valence-corrected chi connectivity index (χ2v) is 7.73. The monoisotopic (exact) mass is 367 g/mol. The summed E-state index contributed by atoms with van der Waals surface area (Å²) in [6, 6.07) is 5.34. The predicted molar refractivity (Wildman–Crippen MR) is 94.6 cm³/mol. The van der Waals surface area contributed by atoms with Crippen molar-refractivity contribution in [2.24, 2.45) is 7.05 Å². The molecule has 0 spiro atoms. The van der Waals surface area contributed by atoms with Crippen molar-refractivity contribution >= 4 is 21.6 Å². The third-order valence-corrected chi connectivity index (χ3v) is 5.46. The molecule has 1 aromatic heterocycles. The van der Waals surface area contributed by atoms with E-state index in [1.807, 2.05) is 6.92 Å². The third kappa shape index (κ3) is 4.46. The molecule has 1 aromatic carbocycles. The number of aromatic nitrogens is 1. The quantitative estimate of drug-likeness (QED) is 0.824. The van der Waals surface area contributed by atoms with Crippen LogP contribution in [0, 0.1) is 12.7 Å². The molecule has 0 saturated carbocycles. The maximum atomic E-state index is 13.3. The van der Waals surface area contributed by atoms with Gasteiger partial charge in [-0.15, -0.1) is 0 Å². The summed E-state index contributed by atoms with van der Waals surface area (Å²) >= 11 is 0. The van der Waals surface area contributed by atoms with E-state index < -0.39 is 15.9 Å². The zero-order chi connectivity index (χ0) is 18.8. The van der Waals surface area contributed by atoms with Crippen molar-refractivity contribution in [2.45, 2.75) is 38.1 Å². The minimum atomic E-state index is -3.69. The number of hydrogen-bond acceptors (Lipinski definition) is 3. The third-order valence-electron chi connectivity index (χ3n) is 3.91. The number of hydrogen-bond donors (Lipinski definition) is 2. The van der Waals surface area contributed by atoms with E-state index >= 15 is 0 Å². The van der Waals surface area contributed by atoms with E-state index in [-0.39, 0.29) is 22.4 Å². The summed E-state index contributed by atoms with van der Waals surface area (Å²) in [4.78, 5) is 12.4. The molecule has 1 unspecified atom stereocenters. The Labute approximate surface area is 147 Å². The number of aryl methyl sites for hydroxylation is 2. The first-order valence-electron chi connectivity index (χ1n) is 7.90. The fourth-order valence-corrected chi connectivity index (χ4v) is 3.64. The van der Waals surface area contributed by atoms with E-state index in [0.717, 1.165) is 0 Å². The van der Waals surface area contributed by atoms with Crippen molar-refractivity contribution in [3.63, 3.8) is 0 Å². The van der Waals surface area contributed by atoms with Gasteiger partial charge in [0.25, 0.3) is 5.91 Å². The van der Waals surface area contributed by atoms with Gasteiger partial charge in [0, 0.05) is 25.0 Å². The highest BCUT2D eigenvalue weighted by molar-refractivity contribution is 7.89. The topological polar surface area (TPSA) is 80.2 Å². The number of benzene rings is 1. The average molecular weight is 367 g/mol. The van der Waals surface area contributed by atoms with Crippen LogP contribution in [0.25, 0.3) is 0 Å². The summed E-state index contributed by atoms with van der Waals surface area (Å²) < 4.78 is 42.0. The molecule has 2 aromatic rings. The van der Waals surface area contributed by atoms with E-state index in [0.29, 0.717) is 17.7 Å². The molecule has 1 atom stereocenters. The summed E-state index contributed by atoms with van der Waals surface area (Å²) in [6.07, 6.45) is 2.04. The SMILES string of the molecule is CCC(C)NS(=O)(=O)c1cc(C(=O)Nc2ccc(F)c(C)c2)n(C)c1. The average Bonchev–Trinajstić information content (AvgIpc) is 2.93. The van der Waals surface area contributed by atoms with Gasteiger partial charge in [-0.25, -0.2) is 17.5 Å². The van der Waals surface area contributed by atoms with Crippen LogP contribution in [0.5, 0.6) is 0 Å².